The Morgan fingerprint density at radius 1 is 1.00 bits per heavy atom. The number of hydrogen-bond donors (Lipinski definition) is 2. The van der Waals surface area contributed by atoms with Crippen molar-refractivity contribution in [3.63, 3.8) is 0 Å². The molecule has 1 amide bonds. The maximum absolute atomic E-state index is 12.9. The number of nitrogens with two attached hydrogens (primary N) is 1. The fourth-order valence-electron chi connectivity index (χ4n) is 3.02. The van der Waals surface area contributed by atoms with Crippen LogP contribution in [0.4, 0.5) is 11.4 Å². The minimum absolute atomic E-state index is 0.0779. The molecule has 0 aliphatic carbocycles. The quantitative estimate of drug-likeness (QED) is 0.365. The summed E-state index contributed by atoms with van der Waals surface area (Å²) in [5.41, 5.74) is 7.96. The van der Waals surface area contributed by atoms with Gasteiger partial charge in [-0.1, -0.05) is 53.2 Å². The number of benzene rings is 3. The Balaban J connectivity index is 1.62. The average Bonchev–Trinajstić information content (AvgIpc) is 2.72. The zero-order valence-corrected chi connectivity index (χ0v) is 19.1. The predicted octanol–water partition coefficient (Wildman–Crippen LogP) is 5.63. The van der Waals surface area contributed by atoms with Crippen LogP contribution in [0, 0.1) is 0 Å². The molecule has 3 N–H and O–H groups in total. The van der Waals surface area contributed by atoms with Crippen LogP contribution in [0.5, 0.6) is 0 Å². The Morgan fingerprint density at radius 2 is 1.68 bits per heavy atom. The molecule has 31 heavy (non-hydrogen) atoms. The molecule has 3 aromatic carbocycles. The molecule has 0 fully saturated rings. The highest BCUT2D eigenvalue weighted by Crippen LogP contribution is 2.40. The van der Waals surface area contributed by atoms with Gasteiger partial charge in [-0.15, -0.1) is 0 Å². The Kier molecular flexibility index (Phi) is 6.03. The van der Waals surface area contributed by atoms with Crippen molar-refractivity contribution in [3.05, 3.63) is 86.7 Å². The summed E-state index contributed by atoms with van der Waals surface area (Å²) in [6, 6.07) is 16.7. The number of nitrogens with one attached hydrogen (secondary N) is 1. The third-order valence-electron chi connectivity index (χ3n) is 4.63. The van der Waals surface area contributed by atoms with E-state index in [-0.39, 0.29) is 26.6 Å². The van der Waals surface area contributed by atoms with Crippen molar-refractivity contribution in [2.75, 3.05) is 11.1 Å². The van der Waals surface area contributed by atoms with Gasteiger partial charge in [-0.2, -0.15) is 0 Å². The molecule has 4 rings (SSSR count). The van der Waals surface area contributed by atoms with E-state index in [1.54, 1.807) is 42.5 Å². The summed E-state index contributed by atoms with van der Waals surface area (Å²) in [6.07, 6.45) is 1.76. The summed E-state index contributed by atoms with van der Waals surface area (Å²) in [6.45, 7) is 0. The smallest absolute Gasteiger partial charge is 0.262 e. The molecule has 0 aromatic heterocycles. The molecule has 1 aliphatic rings. The van der Waals surface area contributed by atoms with Crippen molar-refractivity contribution < 1.29 is 13.2 Å². The summed E-state index contributed by atoms with van der Waals surface area (Å²) in [7, 11) is -3.73. The Bertz CT molecular complexity index is 1300. The molecule has 0 spiro atoms. The highest BCUT2D eigenvalue weighted by Gasteiger charge is 2.25. The van der Waals surface area contributed by atoms with E-state index in [2.05, 4.69) is 5.32 Å². The summed E-state index contributed by atoms with van der Waals surface area (Å²) >= 11 is 13.5. The molecule has 0 atom stereocenters. The minimum Gasteiger partial charge on any atom is -0.399 e. The van der Waals surface area contributed by atoms with Gasteiger partial charge in [-0.05, 0) is 54.1 Å². The van der Waals surface area contributed by atoms with E-state index >= 15 is 0 Å². The monoisotopic (exact) mass is 490 g/mol. The molecular weight excluding hydrogens is 475 g/mol. The van der Waals surface area contributed by atoms with Gasteiger partial charge < -0.3 is 11.1 Å². The van der Waals surface area contributed by atoms with Gasteiger partial charge in [0.2, 0.25) is 0 Å². The second kappa shape index (κ2) is 8.59. The molecule has 0 bridgehead atoms. The van der Waals surface area contributed by atoms with E-state index in [0.717, 1.165) is 10.5 Å². The van der Waals surface area contributed by atoms with Gasteiger partial charge >= 0.3 is 0 Å². The van der Waals surface area contributed by atoms with Crippen molar-refractivity contribution in [2.24, 2.45) is 0 Å². The molecule has 0 unspecified atom stereocenters. The highest BCUT2D eigenvalue weighted by atomic mass is 35.5. The van der Waals surface area contributed by atoms with Crippen LogP contribution in [0.1, 0.15) is 11.1 Å². The van der Waals surface area contributed by atoms with E-state index in [0.29, 0.717) is 21.8 Å². The van der Waals surface area contributed by atoms with Crippen LogP contribution < -0.4 is 11.1 Å². The van der Waals surface area contributed by atoms with Crippen LogP contribution in [0.2, 0.25) is 10.0 Å². The van der Waals surface area contributed by atoms with Gasteiger partial charge in [-0.3, -0.25) is 4.79 Å². The van der Waals surface area contributed by atoms with Crippen molar-refractivity contribution in [3.8, 4) is 0 Å². The van der Waals surface area contributed by atoms with E-state index < -0.39 is 9.84 Å². The Morgan fingerprint density at radius 3 is 2.35 bits per heavy atom. The number of amides is 1. The minimum atomic E-state index is -3.73. The number of hydrogen-bond acceptors (Lipinski definition) is 5. The maximum Gasteiger partial charge on any atom is 0.262 e. The molecule has 0 radical (unpaired) electrons. The summed E-state index contributed by atoms with van der Waals surface area (Å²) < 4.78 is 25.9. The number of sulfone groups is 1. The van der Waals surface area contributed by atoms with Crippen molar-refractivity contribution >= 4 is 68.2 Å². The first-order valence-corrected chi connectivity index (χ1v) is 12.3. The van der Waals surface area contributed by atoms with Gasteiger partial charge in [0.25, 0.3) is 5.91 Å². The molecule has 158 valence electrons. The average molecular weight is 491 g/mol. The molecule has 3 aromatic rings. The fourth-order valence-corrected chi connectivity index (χ4v) is 6.07. The predicted molar refractivity (Wildman–Crippen MR) is 127 cm³/mol. The van der Waals surface area contributed by atoms with Gasteiger partial charge in [-0.25, -0.2) is 8.42 Å². The fraction of sp³-hybridized carbons (Fsp3) is 0.0455. The first kappa shape index (κ1) is 21.8. The number of anilines is 2. The molecule has 1 aliphatic heterocycles. The number of thioether (sulfide) groups is 1. The lowest BCUT2D eigenvalue weighted by atomic mass is 10.2. The Labute approximate surface area is 194 Å². The largest absolute Gasteiger partial charge is 0.399 e. The molecule has 9 heteroatoms. The van der Waals surface area contributed by atoms with Crippen LogP contribution in [0.3, 0.4) is 0 Å². The van der Waals surface area contributed by atoms with E-state index in [4.69, 9.17) is 28.9 Å². The normalized spacial score (nSPS) is 14.9. The number of fused-ring (bicyclic) bond motifs is 1. The lowest BCUT2D eigenvalue weighted by Crippen LogP contribution is -2.18. The summed E-state index contributed by atoms with van der Waals surface area (Å²) in [5.74, 6) is -0.647. The van der Waals surface area contributed by atoms with Crippen molar-refractivity contribution in [1.82, 2.24) is 0 Å². The topological polar surface area (TPSA) is 89.3 Å². The molecule has 0 saturated heterocycles. The van der Waals surface area contributed by atoms with Gasteiger partial charge in [0.05, 0.1) is 21.2 Å². The number of carbonyl (C=O) groups is 1. The number of halogens is 2. The van der Waals surface area contributed by atoms with Gasteiger partial charge in [0.1, 0.15) is 0 Å². The first-order valence-electron chi connectivity index (χ1n) is 9.09. The summed E-state index contributed by atoms with van der Waals surface area (Å²) in [5, 5.41) is 3.35. The number of rotatable bonds is 4. The third-order valence-corrected chi connectivity index (χ3v) is 8.08. The molecule has 0 saturated carbocycles. The number of nitrogen functional groups attached to an aromatic ring is 1. The number of carbonyl (C=O) groups excluding carboxylic acids is 1. The molecule has 5 nitrogen and oxygen atoms in total. The molecule has 1 heterocycles. The van der Waals surface area contributed by atoms with Gasteiger partial charge in [0.15, 0.2) is 9.84 Å². The lowest BCUT2D eigenvalue weighted by molar-refractivity contribution is -0.112. The van der Waals surface area contributed by atoms with Crippen molar-refractivity contribution in [1.29, 1.82) is 0 Å². The first-order chi connectivity index (χ1) is 14.7. The second-order valence-corrected chi connectivity index (χ2v) is 10.7. The van der Waals surface area contributed by atoms with Gasteiger partial charge in [0, 0.05) is 26.2 Å². The summed E-state index contributed by atoms with van der Waals surface area (Å²) in [4.78, 5) is 13.9. The van der Waals surface area contributed by atoms with E-state index in [1.807, 2.05) is 12.1 Å². The maximum atomic E-state index is 12.9. The van der Waals surface area contributed by atoms with Crippen LogP contribution in [0.25, 0.3) is 6.08 Å². The standard InChI is InChI=1S/C22H16Cl2N2O3S2/c23-17-2-1-3-18(24)16(17)12-31(28,29)15-8-9-20-19(11-15)26-22(27)21(30-20)10-13-4-6-14(25)7-5-13/h1-11H,12,25H2,(H,26,27). The zero-order valence-electron chi connectivity index (χ0n) is 15.9. The lowest BCUT2D eigenvalue weighted by Gasteiger charge is -2.19. The highest BCUT2D eigenvalue weighted by molar-refractivity contribution is 8.04. The molecular formula is C22H16Cl2N2O3S2. The SMILES string of the molecule is Nc1ccc(C=C2Sc3ccc(S(=O)(=O)Cc4c(Cl)cccc4Cl)cc3NC2=O)cc1. The van der Waals surface area contributed by atoms with Crippen LogP contribution in [-0.4, -0.2) is 14.3 Å². The van der Waals surface area contributed by atoms with E-state index in [1.165, 1.54) is 23.9 Å². The Hall–Kier alpha value is -2.45. The zero-order chi connectivity index (χ0) is 22.2. The van der Waals surface area contributed by atoms with Crippen molar-refractivity contribution in [2.45, 2.75) is 15.5 Å². The van der Waals surface area contributed by atoms with E-state index in [9.17, 15) is 13.2 Å². The van der Waals surface area contributed by atoms with Crippen LogP contribution in [-0.2, 0) is 20.4 Å². The third kappa shape index (κ3) is 4.75. The second-order valence-electron chi connectivity index (χ2n) is 6.85. The van der Waals surface area contributed by atoms with Crippen LogP contribution >= 0.6 is 35.0 Å². The van der Waals surface area contributed by atoms with Crippen LogP contribution in [0.15, 0.2) is 75.4 Å².